The van der Waals surface area contributed by atoms with Gasteiger partial charge in [0.2, 0.25) is 0 Å². The molecule has 0 fully saturated rings. The van der Waals surface area contributed by atoms with Crippen molar-refractivity contribution in [2.45, 2.75) is 6.92 Å². The minimum Gasteiger partial charge on any atom is -0.343 e. The van der Waals surface area contributed by atoms with Gasteiger partial charge in [-0.15, -0.1) is 0 Å². The van der Waals surface area contributed by atoms with Gasteiger partial charge in [0.05, 0.1) is 16.4 Å². The summed E-state index contributed by atoms with van der Waals surface area (Å²) in [6.45, 7) is 2.12. The second kappa shape index (κ2) is 11.8. The SMILES string of the molecule is Cc1cccc(N(c2ccccc2)c2cc(-c3ccccc3)cc(N(C)c3cccc(-c4ccccc4)c3)c2Cl)c1. The van der Waals surface area contributed by atoms with E-state index >= 15 is 0 Å². The van der Waals surface area contributed by atoms with Gasteiger partial charge in [0, 0.05) is 24.1 Å². The lowest BCUT2D eigenvalue weighted by Gasteiger charge is -2.30. The highest BCUT2D eigenvalue weighted by Crippen LogP contribution is 2.46. The van der Waals surface area contributed by atoms with Crippen LogP contribution < -0.4 is 9.80 Å². The van der Waals surface area contributed by atoms with Gasteiger partial charge >= 0.3 is 0 Å². The molecule has 0 aromatic heterocycles. The molecule has 0 saturated heterocycles. The highest BCUT2D eigenvalue weighted by molar-refractivity contribution is 6.36. The number of hydrogen-bond acceptors (Lipinski definition) is 2. The zero-order valence-corrected chi connectivity index (χ0v) is 24.0. The van der Waals surface area contributed by atoms with Crippen LogP contribution in [0, 0.1) is 6.92 Å². The molecule has 0 saturated carbocycles. The Kier molecular flexibility index (Phi) is 7.58. The number of benzene rings is 6. The van der Waals surface area contributed by atoms with E-state index in [1.165, 1.54) is 11.1 Å². The normalized spacial score (nSPS) is 10.8. The quantitative estimate of drug-likeness (QED) is 0.195. The Morgan fingerprint density at radius 2 is 0.951 bits per heavy atom. The average Bonchev–Trinajstić information content (AvgIpc) is 3.03. The third-order valence-electron chi connectivity index (χ3n) is 7.36. The molecule has 0 amide bonds. The van der Waals surface area contributed by atoms with Gasteiger partial charge in [-0.25, -0.2) is 0 Å². The number of para-hydroxylation sites is 1. The maximum atomic E-state index is 7.42. The molecule has 0 radical (unpaired) electrons. The Bertz CT molecular complexity index is 1770. The summed E-state index contributed by atoms with van der Waals surface area (Å²) in [6.07, 6.45) is 0. The van der Waals surface area contributed by atoms with Crippen molar-refractivity contribution in [2.75, 3.05) is 16.8 Å². The smallest absolute Gasteiger partial charge is 0.0883 e. The second-order valence-electron chi connectivity index (χ2n) is 10.2. The molecule has 0 unspecified atom stereocenters. The Balaban J connectivity index is 1.55. The highest BCUT2D eigenvalue weighted by Gasteiger charge is 2.22. The monoisotopic (exact) mass is 550 g/mol. The highest BCUT2D eigenvalue weighted by atomic mass is 35.5. The van der Waals surface area contributed by atoms with Crippen LogP contribution >= 0.6 is 11.6 Å². The second-order valence-corrected chi connectivity index (χ2v) is 10.6. The number of aryl methyl sites for hydroxylation is 1. The van der Waals surface area contributed by atoms with Gasteiger partial charge in [-0.05, 0) is 83.3 Å². The van der Waals surface area contributed by atoms with Crippen molar-refractivity contribution in [1.29, 1.82) is 0 Å². The largest absolute Gasteiger partial charge is 0.343 e. The summed E-state index contributed by atoms with van der Waals surface area (Å²) in [6, 6.07) is 52.9. The van der Waals surface area contributed by atoms with Gasteiger partial charge in [0.15, 0.2) is 0 Å². The van der Waals surface area contributed by atoms with Crippen LogP contribution in [0.4, 0.5) is 28.4 Å². The Morgan fingerprint density at radius 3 is 1.61 bits per heavy atom. The minimum atomic E-state index is 0.683. The number of hydrogen-bond donors (Lipinski definition) is 0. The standard InChI is InChI=1S/C38H31ClN2/c1-28-14-12-23-35(24-28)41(33-20-10-5-11-21-33)37-27-32(30-17-8-4-9-18-30)26-36(38(37)39)40(2)34-22-13-19-31(25-34)29-15-6-3-7-16-29/h3-27H,1-2H3. The van der Waals surface area contributed by atoms with Crippen molar-refractivity contribution in [3.8, 4) is 22.3 Å². The number of nitrogens with zero attached hydrogens (tertiary/aromatic N) is 2. The van der Waals surface area contributed by atoms with Crippen LogP contribution in [-0.2, 0) is 0 Å². The van der Waals surface area contributed by atoms with E-state index in [0.29, 0.717) is 5.02 Å². The molecule has 0 aliphatic rings. The first-order chi connectivity index (χ1) is 20.1. The van der Waals surface area contributed by atoms with E-state index in [1.54, 1.807) is 0 Å². The summed E-state index contributed by atoms with van der Waals surface area (Å²) in [5, 5.41) is 0.683. The van der Waals surface area contributed by atoms with Crippen LogP contribution in [0.25, 0.3) is 22.3 Å². The van der Waals surface area contributed by atoms with Crippen molar-refractivity contribution in [3.05, 3.63) is 162 Å². The minimum absolute atomic E-state index is 0.683. The lowest BCUT2D eigenvalue weighted by molar-refractivity contribution is 1.20. The fourth-order valence-electron chi connectivity index (χ4n) is 5.23. The molecule has 6 aromatic rings. The van der Waals surface area contributed by atoms with Crippen LogP contribution in [0.1, 0.15) is 5.56 Å². The molecule has 2 nitrogen and oxygen atoms in total. The maximum absolute atomic E-state index is 7.42. The zero-order chi connectivity index (χ0) is 28.2. The average molecular weight is 551 g/mol. The van der Waals surface area contributed by atoms with E-state index in [2.05, 4.69) is 157 Å². The van der Waals surface area contributed by atoms with Gasteiger partial charge in [-0.2, -0.15) is 0 Å². The molecule has 0 atom stereocenters. The molecule has 3 heteroatoms. The van der Waals surface area contributed by atoms with Crippen molar-refractivity contribution in [1.82, 2.24) is 0 Å². The molecule has 6 aromatic carbocycles. The van der Waals surface area contributed by atoms with Crippen molar-refractivity contribution >= 4 is 40.0 Å². The van der Waals surface area contributed by atoms with E-state index in [-0.39, 0.29) is 0 Å². The molecule has 0 bridgehead atoms. The first-order valence-corrected chi connectivity index (χ1v) is 14.2. The Morgan fingerprint density at radius 1 is 0.439 bits per heavy atom. The van der Waals surface area contributed by atoms with Gasteiger partial charge in [0.25, 0.3) is 0 Å². The van der Waals surface area contributed by atoms with Crippen molar-refractivity contribution in [2.24, 2.45) is 0 Å². The predicted molar refractivity (Wildman–Crippen MR) is 176 cm³/mol. The zero-order valence-electron chi connectivity index (χ0n) is 23.2. The summed E-state index contributed by atoms with van der Waals surface area (Å²) < 4.78 is 0. The fourth-order valence-corrected chi connectivity index (χ4v) is 5.55. The molecule has 200 valence electrons. The molecule has 0 aliphatic heterocycles. The van der Waals surface area contributed by atoms with Gasteiger partial charge in [-0.1, -0.05) is 115 Å². The summed E-state index contributed by atoms with van der Waals surface area (Å²) in [5.74, 6) is 0. The van der Waals surface area contributed by atoms with Crippen LogP contribution in [0.3, 0.4) is 0 Å². The maximum Gasteiger partial charge on any atom is 0.0883 e. The predicted octanol–water partition coefficient (Wildman–Crippen LogP) is 11.2. The summed E-state index contributed by atoms with van der Waals surface area (Å²) in [7, 11) is 2.09. The molecule has 0 spiro atoms. The molecule has 0 aliphatic carbocycles. The van der Waals surface area contributed by atoms with E-state index in [0.717, 1.165) is 45.1 Å². The first kappa shape index (κ1) is 26.4. The van der Waals surface area contributed by atoms with Gasteiger partial charge < -0.3 is 9.80 Å². The lowest BCUT2D eigenvalue weighted by Crippen LogP contribution is -2.15. The molecular weight excluding hydrogens is 520 g/mol. The lowest BCUT2D eigenvalue weighted by atomic mass is 10.0. The summed E-state index contributed by atoms with van der Waals surface area (Å²) >= 11 is 7.42. The van der Waals surface area contributed by atoms with Crippen molar-refractivity contribution < 1.29 is 0 Å². The van der Waals surface area contributed by atoms with E-state index in [9.17, 15) is 0 Å². The van der Waals surface area contributed by atoms with Crippen LogP contribution in [-0.4, -0.2) is 7.05 Å². The van der Waals surface area contributed by atoms with Gasteiger partial charge in [-0.3, -0.25) is 0 Å². The Hall–Kier alpha value is -4.79. The Labute approximate surface area is 247 Å². The molecular formula is C38H31ClN2. The van der Waals surface area contributed by atoms with Crippen LogP contribution in [0.2, 0.25) is 5.02 Å². The van der Waals surface area contributed by atoms with E-state index in [1.807, 2.05) is 18.2 Å². The number of rotatable bonds is 7. The van der Waals surface area contributed by atoms with Crippen molar-refractivity contribution in [3.63, 3.8) is 0 Å². The molecule has 0 heterocycles. The topological polar surface area (TPSA) is 6.48 Å². The molecule has 6 rings (SSSR count). The third-order valence-corrected chi connectivity index (χ3v) is 7.75. The molecule has 41 heavy (non-hydrogen) atoms. The number of halogens is 1. The van der Waals surface area contributed by atoms with E-state index < -0.39 is 0 Å². The summed E-state index contributed by atoms with van der Waals surface area (Å²) in [4.78, 5) is 4.43. The third kappa shape index (κ3) is 5.61. The van der Waals surface area contributed by atoms with Crippen LogP contribution in [0.15, 0.2) is 152 Å². The summed E-state index contributed by atoms with van der Waals surface area (Å²) in [5.41, 5.74) is 10.8. The van der Waals surface area contributed by atoms with Crippen LogP contribution in [0.5, 0.6) is 0 Å². The number of anilines is 5. The fraction of sp³-hybridized carbons (Fsp3) is 0.0526. The van der Waals surface area contributed by atoms with Gasteiger partial charge in [0.1, 0.15) is 0 Å². The first-order valence-electron chi connectivity index (χ1n) is 13.8. The van der Waals surface area contributed by atoms with E-state index in [4.69, 9.17) is 11.6 Å². The molecule has 0 N–H and O–H groups in total.